The molecule has 2 aromatic heterocycles. The van der Waals surface area contributed by atoms with E-state index in [0.29, 0.717) is 5.15 Å². The molecule has 2 rings (SSSR count). The lowest BCUT2D eigenvalue weighted by Gasteiger charge is -2.14. The molecule has 1 unspecified atom stereocenters. The predicted octanol–water partition coefficient (Wildman–Crippen LogP) is 3.30. The molecule has 1 N–H and O–H groups in total. The maximum Gasteiger partial charge on any atom is 0.129 e. The number of rotatable bonds is 3. The average molecular weight is 234 g/mol. The molecule has 0 aliphatic rings. The number of hydrogen-bond donors (Lipinski definition) is 1. The van der Waals surface area contributed by atoms with Crippen LogP contribution in [-0.4, -0.2) is 9.97 Å². The van der Waals surface area contributed by atoms with Crippen LogP contribution in [0.15, 0.2) is 42.9 Å². The Labute approximate surface area is 99.5 Å². The summed E-state index contributed by atoms with van der Waals surface area (Å²) in [4.78, 5) is 8.10. The first-order valence-corrected chi connectivity index (χ1v) is 5.41. The molecule has 0 aromatic carbocycles. The van der Waals surface area contributed by atoms with E-state index in [0.717, 1.165) is 11.3 Å². The predicted molar refractivity (Wildman–Crippen MR) is 65.5 cm³/mol. The zero-order valence-electron chi connectivity index (χ0n) is 8.89. The van der Waals surface area contributed by atoms with Crippen molar-refractivity contribution in [3.63, 3.8) is 0 Å². The Kier molecular flexibility index (Phi) is 3.37. The van der Waals surface area contributed by atoms with Gasteiger partial charge in [-0.1, -0.05) is 17.7 Å². The van der Waals surface area contributed by atoms with Crippen LogP contribution in [0.5, 0.6) is 0 Å². The SMILES string of the molecule is CC(Nc1ccc(Cl)nc1)c1cccnc1. The third-order valence-electron chi connectivity index (χ3n) is 2.29. The molecule has 16 heavy (non-hydrogen) atoms. The molecule has 0 saturated heterocycles. The molecule has 2 heterocycles. The largest absolute Gasteiger partial charge is 0.377 e. The van der Waals surface area contributed by atoms with Gasteiger partial charge in [-0.05, 0) is 30.7 Å². The summed E-state index contributed by atoms with van der Waals surface area (Å²) in [6.45, 7) is 2.08. The molecule has 2 aromatic rings. The summed E-state index contributed by atoms with van der Waals surface area (Å²) in [5, 5.41) is 3.82. The molecule has 4 heteroatoms. The Bertz CT molecular complexity index is 442. The van der Waals surface area contributed by atoms with Crippen LogP contribution in [0.4, 0.5) is 5.69 Å². The van der Waals surface area contributed by atoms with E-state index in [2.05, 4.69) is 22.2 Å². The van der Waals surface area contributed by atoms with Crippen LogP contribution in [-0.2, 0) is 0 Å². The molecule has 82 valence electrons. The van der Waals surface area contributed by atoms with Crippen molar-refractivity contribution in [1.82, 2.24) is 9.97 Å². The van der Waals surface area contributed by atoms with E-state index >= 15 is 0 Å². The number of pyridine rings is 2. The Balaban J connectivity index is 2.08. The van der Waals surface area contributed by atoms with E-state index in [1.54, 1.807) is 18.5 Å². The van der Waals surface area contributed by atoms with Crippen molar-refractivity contribution in [2.75, 3.05) is 5.32 Å². The van der Waals surface area contributed by atoms with E-state index < -0.39 is 0 Å². The highest BCUT2D eigenvalue weighted by Crippen LogP contribution is 2.18. The van der Waals surface area contributed by atoms with E-state index in [1.807, 2.05) is 24.4 Å². The molecule has 0 spiro atoms. The Hall–Kier alpha value is -1.61. The third kappa shape index (κ3) is 2.70. The zero-order valence-corrected chi connectivity index (χ0v) is 9.65. The highest BCUT2D eigenvalue weighted by Gasteiger charge is 2.04. The highest BCUT2D eigenvalue weighted by molar-refractivity contribution is 6.29. The van der Waals surface area contributed by atoms with E-state index in [-0.39, 0.29) is 6.04 Å². The van der Waals surface area contributed by atoms with Gasteiger partial charge in [-0.25, -0.2) is 4.98 Å². The van der Waals surface area contributed by atoms with Crippen LogP contribution in [0.1, 0.15) is 18.5 Å². The average Bonchev–Trinajstić information content (AvgIpc) is 2.33. The lowest BCUT2D eigenvalue weighted by Crippen LogP contribution is -2.06. The first-order chi connectivity index (χ1) is 7.75. The van der Waals surface area contributed by atoms with Crippen molar-refractivity contribution in [2.24, 2.45) is 0 Å². The second-order valence-electron chi connectivity index (χ2n) is 3.52. The van der Waals surface area contributed by atoms with Crippen molar-refractivity contribution >= 4 is 17.3 Å². The fraction of sp³-hybridized carbons (Fsp3) is 0.167. The summed E-state index contributed by atoms with van der Waals surface area (Å²) < 4.78 is 0. The topological polar surface area (TPSA) is 37.8 Å². The van der Waals surface area contributed by atoms with Crippen LogP contribution in [0.3, 0.4) is 0 Å². The van der Waals surface area contributed by atoms with E-state index in [9.17, 15) is 0 Å². The van der Waals surface area contributed by atoms with Gasteiger partial charge in [-0.15, -0.1) is 0 Å². The first-order valence-electron chi connectivity index (χ1n) is 5.04. The number of aromatic nitrogens is 2. The lowest BCUT2D eigenvalue weighted by atomic mass is 10.1. The molecule has 3 nitrogen and oxygen atoms in total. The summed E-state index contributed by atoms with van der Waals surface area (Å²) in [6, 6.07) is 7.82. The van der Waals surface area contributed by atoms with Gasteiger partial charge < -0.3 is 5.32 Å². The van der Waals surface area contributed by atoms with Gasteiger partial charge in [-0.3, -0.25) is 4.98 Å². The molecule has 0 fully saturated rings. The second kappa shape index (κ2) is 4.94. The first kappa shape index (κ1) is 10.9. The monoisotopic (exact) mass is 233 g/mol. The van der Waals surface area contributed by atoms with Crippen LogP contribution in [0.2, 0.25) is 5.15 Å². The Morgan fingerprint density at radius 3 is 2.75 bits per heavy atom. The summed E-state index contributed by atoms with van der Waals surface area (Å²) in [7, 11) is 0. The van der Waals surface area contributed by atoms with Gasteiger partial charge in [0.25, 0.3) is 0 Å². The zero-order chi connectivity index (χ0) is 11.4. The standard InChI is InChI=1S/C12H12ClN3/c1-9(10-3-2-6-14-7-10)16-11-4-5-12(13)15-8-11/h2-9,16H,1H3. The smallest absolute Gasteiger partial charge is 0.129 e. The Morgan fingerprint density at radius 1 is 1.25 bits per heavy atom. The molecule has 0 aliphatic carbocycles. The van der Waals surface area contributed by atoms with Gasteiger partial charge in [0.05, 0.1) is 17.9 Å². The summed E-state index contributed by atoms with van der Waals surface area (Å²) in [6.07, 6.45) is 5.33. The van der Waals surface area contributed by atoms with Crippen LogP contribution in [0.25, 0.3) is 0 Å². The van der Waals surface area contributed by atoms with Crippen molar-refractivity contribution in [3.05, 3.63) is 53.6 Å². The molecule has 0 amide bonds. The fourth-order valence-corrected chi connectivity index (χ4v) is 1.54. The van der Waals surface area contributed by atoms with E-state index in [1.165, 1.54) is 0 Å². The lowest BCUT2D eigenvalue weighted by molar-refractivity contribution is 0.874. The summed E-state index contributed by atoms with van der Waals surface area (Å²) >= 11 is 5.72. The van der Waals surface area contributed by atoms with Crippen LogP contribution < -0.4 is 5.32 Å². The highest BCUT2D eigenvalue weighted by atomic mass is 35.5. The van der Waals surface area contributed by atoms with Gasteiger partial charge in [-0.2, -0.15) is 0 Å². The van der Waals surface area contributed by atoms with Gasteiger partial charge >= 0.3 is 0 Å². The maximum atomic E-state index is 5.72. The normalized spacial score (nSPS) is 12.1. The van der Waals surface area contributed by atoms with Gasteiger partial charge in [0.2, 0.25) is 0 Å². The molecular weight excluding hydrogens is 222 g/mol. The minimum absolute atomic E-state index is 0.191. The van der Waals surface area contributed by atoms with Crippen LogP contribution in [0, 0.1) is 0 Å². The molecule has 0 bridgehead atoms. The summed E-state index contributed by atoms with van der Waals surface area (Å²) in [5.41, 5.74) is 2.08. The molecule has 1 atom stereocenters. The van der Waals surface area contributed by atoms with Crippen molar-refractivity contribution in [3.8, 4) is 0 Å². The molecular formula is C12H12ClN3. The fourth-order valence-electron chi connectivity index (χ4n) is 1.43. The minimum atomic E-state index is 0.191. The van der Waals surface area contributed by atoms with Gasteiger partial charge in [0, 0.05) is 12.4 Å². The quantitative estimate of drug-likeness (QED) is 0.827. The second-order valence-corrected chi connectivity index (χ2v) is 3.91. The number of nitrogens with zero attached hydrogens (tertiary/aromatic N) is 2. The maximum absolute atomic E-state index is 5.72. The number of nitrogens with one attached hydrogen (secondary N) is 1. The molecule has 0 saturated carbocycles. The summed E-state index contributed by atoms with van der Waals surface area (Å²) in [5.74, 6) is 0. The van der Waals surface area contributed by atoms with E-state index in [4.69, 9.17) is 11.6 Å². The van der Waals surface area contributed by atoms with Gasteiger partial charge in [0.15, 0.2) is 0 Å². The molecule has 0 radical (unpaired) electrons. The van der Waals surface area contributed by atoms with Crippen molar-refractivity contribution in [2.45, 2.75) is 13.0 Å². The Morgan fingerprint density at radius 2 is 2.12 bits per heavy atom. The number of anilines is 1. The number of hydrogen-bond acceptors (Lipinski definition) is 3. The molecule has 0 aliphatic heterocycles. The van der Waals surface area contributed by atoms with Gasteiger partial charge in [0.1, 0.15) is 5.15 Å². The number of halogens is 1. The minimum Gasteiger partial charge on any atom is -0.377 e. The third-order valence-corrected chi connectivity index (χ3v) is 2.52. The van der Waals surface area contributed by atoms with Crippen molar-refractivity contribution in [1.29, 1.82) is 0 Å². The van der Waals surface area contributed by atoms with Crippen molar-refractivity contribution < 1.29 is 0 Å². The van der Waals surface area contributed by atoms with Crippen LogP contribution >= 0.6 is 11.6 Å².